The summed E-state index contributed by atoms with van der Waals surface area (Å²) in [6.07, 6.45) is 10.6. The first-order valence-corrected chi connectivity index (χ1v) is 10.2. The Hall–Kier alpha value is -1.68. The van der Waals surface area contributed by atoms with Gasteiger partial charge in [-0.15, -0.1) is 0 Å². The molecular weight excluding hydrogens is 326 g/mol. The largest absolute Gasteiger partial charge is 0.393 e. The highest BCUT2D eigenvalue weighted by molar-refractivity contribution is 6.21. The van der Waals surface area contributed by atoms with Gasteiger partial charge in [0.05, 0.1) is 17.2 Å². The predicted molar refractivity (Wildman–Crippen MR) is 97.9 cm³/mol. The third-order valence-corrected chi connectivity index (χ3v) is 7.23. The van der Waals surface area contributed by atoms with Crippen LogP contribution in [0.5, 0.6) is 0 Å². The summed E-state index contributed by atoms with van der Waals surface area (Å²) in [5.74, 6) is 0.489. The first kappa shape index (κ1) is 16.5. The molecule has 3 fully saturated rings. The van der Waals surface area contributed by atoms with Gasteiger partial charge in [0, 0.05) is 6.04 Å². The molecule has 3 saturated carbocycles. The van der Waals surface area contributed by atoms with Crippen molar-refractivity contribution in [2.45, 2.75) is 76.4 Å². The van der Waals surface area contributed by atoms with E-state index < -0.39 is 0 Å². The van der Waals surface area contributed by atoms with E-state index >= 15 is 0 Å². The summed E-state index contributed by atoms with van der Waals surface area (Å²) in [7, 11) is 0. The lowest BCUT2D eigenvalue weighted by molar-refractivity contribution is -0.110. The van der Waals surface area contributed by atoms with E-state index in [2.05, 4.69) is 0 Å². The van der Waals surface area contributed by atoms with E-state index in [9.17, 15) is 14.7 Å². The van der Waals surface area contributed by atoms with Crippen LogP contribution in [0.2, 0.25) is 0 Å². The van der Waals surface area contributed by atoms with Crippen LogP contribution in [0.25, 0.3) is 0 Å². The van der Waals surface area contributed by atoms with E-state index in [4.69, 9.17) is 0 Å². The second-order valence-corrected chi connectivity index (χ2v) is 9.19. The fourth-order valence-electron chi connectivity index (χ4n) is 6.02. The molecule has 1 aliphatic heterocycles. The smallest absolute Gasteiger partial charge is 0.261 e. The Morgan fingerprint density at radius 1 is 0.962 bits per heavy atom. The normalized spacial score (nSPS) is 34.0. The van der Waals surface area contributed by atoms with Crippen LogP contribution in [-0.4, -0.2) is 34.0 Å². The second-order valence-electron chi connectivity index (χ2n) is 9.19. The molecule has 4 nitrogen and oxygen atoms in total. The van der Waals surface area contributed by atoms with Crippen molar-refractivity contribution in [2.75, 3.05) is 0 Å². The van der Waals surface area contributed by atoms with E-state index in [1.807, 2.05) is 18.2 Å². The summed E-state index contributed by atoms with van der Waals surface area (Å²) in [5.41, 5.74) is 2.81. The maximum Gasteiger partial charge on any atom is 0.261 e. The van der Waals surface area contributed by atoms with Gasteiger partial charge in [-0.3, -0.25) is 14.5 Å². The molecule has 5 rings (SSSR count). The standard InChI is InChI=1S/C22H27NO3/c24-17-12-22(13-17)10-15(11-22)8-14-6-7-18-19(9-14)21(26)23(20(18)25)16-4-2-1-3-5-16/h6-7,9,15-17,24H,1-5,8,10-13H2. The monoisotopic (exact) mass is 353 g/mol. The summed E-state index contributed by atoms with van der Waals surface area (Å²) in [6, 6.07) is 5.97. The lowest BCUT2D eigenvalue weighted by Gasteiger charge is -2.56. The van der Waals surface area contributed by atoms with Gasteiger partial charge in [-0.1, -0.05) is 25.3 Å². The second kappa shape index (κ2) is 5.91. The van der Waals surface area contributed by atoms with E-state index in [1.165, 1.54) is 24.8 Å². The highest BCUT2D eigenvalue weighted by Gasteiger charge is 2.52. The molecule has 0 saturated heterocycles. The highest BCUT2D eigenvalue weighted by Crippen LogP contribution is 2.59. The number of aliphatic hydroxyl groups is 1. The van der Waals surface area contributed by atoms with E-state index in [1.54, 1.807) is 4.90 Å². The molecule has 1 heterocycles. The molecule has 3 aliphatic carbocycles. The molecule has 1 N–H and O–H groups in total. The van der Waals surface area contributed by atoms with Crippen molar-refractivity contribution < 1.29 is 14.7 Å². The quantitative estimate of drug-likeness (QED) is 0.843. The van der Waals surface area contributed by atoms with Crippen LogP contribution >= 0.6 is 0 Å². The van der Waals surface area contributed by atoms with Gasteiger partial charge in [0.25, 0.3) is 11.8 Å². The Kier molecular flexibility index (Phi) is 3.75. The molecule has 2 amide bonds. The number of benzene rings is 1. The third-order valence-electron chi connectivity index (χ3n) is 7.23. The average molecular weight is 353 g/mol. The van der Waals surface area contributed by atoms with Crippen molar-refractivity contribution in [2.24, 2.45) is 11.3 Å². The SMILES string of the molecule is O=C1c2ccc(CC3CC4(CC(O)C4)C3)cc2C(=O)N1C1CCCCC1. The van der Waals surface area contributed by atoms with Gasteiger partial charge in [0.2, 0.25) is 0 Å². The number of amides is 2. The number of rotatable bonds is 3. The molecule has 0 aromatic heterocycles. The number of carbonyl (C=O) groups is 2. The summed E-state index contributed by atoms with van der Waals surface area (Å²) in [4.78, 5) is 27.2. The Labute approximate surface area is 154 Å². The summed E-state index contributed by atoms with van der Waals surface area (Å²) >= 11 is 0. The zero-order valence-corrected chi connectivity index (χ0v) is 15.2. The number of hydrogen-bond acceptors (Lipinski definition) is 3. The van der Waals surface area contributed by atoms with Gasteiger partial charge in [-0.25, -0.2) is 0 Å². The minimum atomic E-state index is -0.0884. The van der Waals surface area contributed by atoms with Crippen LogP contribution < -0.4 is 0 Å². The average Bonchev–Trinajstić information content (AvgIpc) is 2.83. The minimum absolute atomic E-state index is 0.0778. The molecule has 1 spiro atoms. The van der Waals surface area contributed by atoms with Gasteiger partial charge in [-0.05, 0) is 74.0 Å². The Morgan fingerprint density at radius 2 is 1.65 bits per heavy atom. The number of carbonyl (C=O) groups excluding carboxylic acids is 2. The van der Waals surface area contributed by atoms with E-state index in [-0.39, 0.29) is 24.0 Å². The predicted octanol–water partition coefficient (Wildman–Crippen LogP) is 3.71. The van der Waals surface area contributed by atoms with Crippen molar-refractivity contribution in [3.8, 4) is 0 Å². The van der Waals surface area contributed by atoms with Gasteiger partial charge < -0.3 is 5.11 Å². The minimum Gasteiger partial charge on any atom is -0.393 e. The van der Waals surface area contributed by atoms with E-state index in [0.717, 1.165) is 44.9 Å². The van der Waals surface area contributed by atoms with Gasteiger partial charge in [-0.2, -0.15) is 0 Å². The lowest BCUT2D eigenvalue weighted by atomic mass is 9.50. The van der Waals surface area contributed by atoms with Gasteiger partial charge in [0.15, 0.2) is 0 Å². The number of imide groups is 1. The molecule has 0 unspecified atom stereocenters. The molecule has 4 heteroatoms. The topological polar surface area (TPSA) is 57.6 Å². The highest BCUT2D eigenvalue weighted by atomic mass is 16.3. The van der Waals surface area contributed by atoms with Crippen molar-refractivity contribution in [1.29, 1.82) is 0 Å². The maximum absolute atomic E-state index is 12.9. The fraction of sp³-hybridized carbons (Fsp3) is 0.636. The van der Waals surface area contributed by atoms with Gasteiger partial charge in [0.1, 0.15) is 0 Å². The maximum atomic E-state index is 12.9. The van der Waals surface area contributed by atoms with Crippen molar-refractivity contribution in [3.05, 3.63) is 34.9 Å². The number of hydrogen-bond donors (Lipinski definition) is 1. The molecule has 4 aliphatic rings. The van der Waals surface area contributed by atoms with Crippen LogP contribution in [0, 0.1) is 11.3 Å². The van der Waals surface area contributed by atoms with Crippen LogP contribution in [0.4, 0.5) is 0 Å². The van der Waals surface area contributed by atoms with Crippen LogP contribution in [0.15, 0.2) is 18.2 Å². The van der Waals surface area contributed by atoms with Gasteiger partial charge >= 0.3 is 0 Å². The summed E-state index contributed by atoms with van der Waals surface area (Å²) in [6.45, 7) is 0. The first-order valence-electron chi connectivity index (χ1n) is 10.2. The number of aliphatic hydroxyl groups excluding tert-OH is 1. The Morgan fingerprint density at radius 3 is 2.35 bits per heavy atom. The fourth-order valence-corrected chi connectivity index (χ4v) is 6.02. The first-order chi connectivity index (χ1) is 12.5. The lowest BCUT2D eigenvalue weighted by Crippen LogP contribution is -2.50. The number of nitrogens with zero attached hydrogens (tertiary/aromatic N) is 1. The molecule has 0 radical (unpaired) electrons. The van der Waals surface area contributed by atoms with Crippen LogP contribution in [-0.2, 0) is 6.42 Å². The van der Waals surface area contributed by atoms with E-state index in [0.29, 0.717) is 22.5 Å². The molecule has 1 aromatic rings. The number of fused-ring (bicyclic) bond motifs is 1. The van der Waals surface area contributed by atoms with Crippen LogP contribution in [0.1, 0.15) is 84.1 Å². The zero-order chi connectivity index (χ0) is 17.9. The summed E-state index contributed by atoms with van der Waals surface area (Å²) < 4.78 is 0. The Balaban J connectivity index is 1.29. The molecule has 26 heavy (non-hydrogen) atoms. The van der Waals surface area contributed by atoms with Crippen molar-refractivity contribution >= 4 is 11.8 Å². The Bertz CT molecular complexity index is 751. The molecule has 0 bridgehead atoms. The summed E-state index contributed by atoms with van der Waals surface area (Å²) in [5, 5.41) is 9.54. The molecule has 1 aromatic carbocycles. The van der Waals surface area contributed by atoms with Crippen LogP contribution in [0.3, 0.4) is 0 Å². The van der Waals surface area contributed by atoms with Crippen molar-refractivity contribution in [1.82, 2.24) is 4.90 Å². The molecule has 0 atom stereocenters. The third kappa shape index (κ3) is 2.53. The molecule has 138 valence electrons. The van der Waals surface area contributed by atoms with Crippen molar-refractivity contribution in [3.63, 3.8) is 0 Å². The molecular formula is C22H27NO3. The zero-order valence-electron chi connectivity index (χ0n) is 15.2.